The first kappa shape index (κ1) is 23.4. The van der Waals surface area contributed by atoms with E-state index in [2.05, 4.69) is 27.1 Å². The van der Waals surface area contributed by atoms with Gasteiger partial charge in [0.05, 0.1) is 18.0 Å². The van der Waals surface area contributed by atoms with E-state index in [4.69, 9.17) is 10.5 Å². The van der Waals surface area contributed by atoms with Gasteiger partial charge in [-0.3, -0.25) is 4.57 Å². The summed E-state index contributed by atoms with van der Waals surface area (Å²) in [5.41, 5.74) is 10.6. The van der Waals surface area contributed by atoms with Gasteiger partial charge in [0.25, 0.3) is 0 Å². The van der Waals surface area contributed by atoms with Crippen molar-refractivity contribution in [3.63, 3.8) is 0 Å². The van der Waals surface area contributed by atoms with Gasteiger partial charge >= 0.3 is 11.7 Å². The van der Waals surface area contributed by atoms with Crippen LogP contribution in [-0.4, -0.2) is 45.4 Å². The molecule has 2 aliphatic rings. The molecule has 0 saturated heterocycles. The molecular formula is C26H26N6O4S. The number of hydrogen-bond acceptors (Lipinski definition) is 7. The second-order valence-electron chi connectivity index (χ2n) is 9.21. The zero-order valence-corrected chi connectivity index (χ0v) is 20.9. The molecular weight excluding hydrogens is 492 g/mol. The third-order valence-corrected chi connectivity index (χ3v) is 8.68. The number of nitrogens with two attached hydrogens (primary N) is 1. The molecule has 190 valence electrons. The Labute approximate surface area is 213 Å². The largest absolute Gasteiger partial charge is 0.463 e. The first-order valence-corrected chi connectivity index (χ1v) is 13.6. The zero-order chi connectivity index (χ0) is 25.6. The maximum Gasteiger partial charge on any atom is 0.328 e. The number of sulfonamides is 1. The van der Waals surface area contributed by atoms with E-state index < -0.39 is 10.0 Å². The summed E-state index contributed by atoms with van der Waals surface area (Å²) in [7, 11) is -3.62. The average molecular weight is 519 g/mol. The summed E-state index contributed by atoms with van der Waals surface area (Å²) in [5, 5.41) is 0. The lowest BCUT2D eigenvalue weighted by molar-refractivity contribution is 0.300. The fraction of sp³-hybridized carbons (Fsp3) is 0.269. The number of nitrogens with one attached hydrogen (secondary N) is 1. The lowest BCUT2D eigenvalue weighted by atomic mass is 9.91. The Kier molecular flexibility index (Phi) is 5.81. The van der Waals surface area contributed by atoms with Gasteiger partial charge in [-0.1, -0.05) is 42.5 Å². The van der Waals surface area contributed by atoms with Crippen molar-refractivity contribution >= 4 is 27.0 Å². The van der Waals surface area contributed by atoms with Crippen molar-refractivity contribution in [3.8, 4) is 6.01 Å². The Balaban J connectivity index is 1.44. The number of allylic oxidation sites excluding steroid dienone is 1. The van der Waals surface area contributed by atoms with Crippen LogP contribution in [0.2, 0.25) is 0 Å². The Morgan fingerprint density at radius 2 is 1.84 bits per heavy atom. The average Bonchev–Trinajstić information content (AvgIpc) is 3.21. The molecule has 4 aromatic rings. The highest BCUT2D eigenvalue weighted by Gasteiger charge is 2.29. The molecule has 0 amide bonds. The molecule has 2 aromatic heterocycles. The normalized spacial score (nSPS) is 16.3. The van der Waals surface area contributed by atoms with Crippen LogP contribution in [0.25, 0.3) is 11.2 Å². The summed E-state index contributed by atoms with van der Waals surface area (Å²) >= 11 is 0. The third kappa shape index (κ3) is 4.30. The quantitative estimate of drug-likeness (QED) is 0.389. The van der Waals surface area contributed by atoms with Crippen molar-refractivity contribution in [1.29, 1.82) is 0 Å². The van der Waals surface area contributed by atoms with Gasteiger partial charge in [0.1, 0.15) is 5.52 Å². The highest BCUT2D eigenvalue weighted by Crippen LogP contribution is 2.30. The van der Waals surface area contributed by atoms with Crippen LogP contribution in [-0.2, 0) is 36.0 Å². The predicted octanol–water partition coefficient (Wildman–Crippen LogP) is 2.38. The number of aromatic nitrogens is 4. The maximum absolute atomic E-state index is 13.3. The van der Waals surface area contributed by atoms with Gasteiger partial charge in [0.15, 0.2) is 11.5 Å². The molecule has 2 aromatic carbocycles. The summed E-state index contributed by atoms with van der Waals surface area (Å²) in [6.45, 7) is 1.30. The molecule has 4 bridgehead atoms. The fourth-order valence-electron chi connectivity index (χ4n) is 5.03. The minimum Gasteiger partial charge on any atom is -0.463 e. The van der Waals surface area contributed by atoms with E-state index in [0.717, 1.165) is 22.3 Å². The Morgan fingerprint density at radius 1 is 1.03 bits per heavy atom. The van der Waals surface area contributed by atoms with Crippen LogP contribution in [0.15, 0.2) is 64.3 Å². The van der Waals surface area contributed by atoms with Crippen LogP contribution in [0.3, 0.4) is 0 Å². The number of hydrogen-bond donors (Lipinski definition) is 2. The first-order chi connectivity index (χ1) is 17.9. The van der Waals surface area contributed by atoms with Crippen molar-refractivity contribution in [2.45, 2.75) is 37.2 Å². The highest BCUT2D eigenvalue weighted by molar-refractivity contribution is 7.89. The molecule has 0 fully saturated rings. The van der Waals surface area contributed by atoms with Crippen LogP contribution in [0.1, 0.15) is 28.7 Å². The molecule has 10 nitrogen and oxygen atoms in total. The number of nitrogen functional groups attached to an aromatic ring is 1. The van der Waals surface area contributed by atoms with Gasteiger partial charge in [-0.05, 0) is 53.6 Å². The smallest absolute Gasteiger partial charge is 0.328 e. The van der Waals surface area contributed by atoms with Crippen LogP contribution in [0.4, 0.5) is 5.82 Å². The van der Waals surface area contributed by atoms with E-state index in [1.54, 1.807) is 30.3 Å². The predicted molar refractivity (Wildman–Crippen MR) is 139 cm³/mol. The minimum atomic E-state index is -3.62. The summed E-state index contributed by atoms with van der Waals surface area (Å²) < 4.78 is 35.4. The summed E-state index contributed by atoms with van der Waals surface area (Å²) in [6.07, 6.45) is 6.12. The molecule has 37 heavy (non-hydrogen) atoms. The van der Waals surface area contributed by atoms with E-state index in [1.165, 1.54) is 8.87 Å². The molecule has 0 atom stereocenters. The van der Waals surface area contributed by atoms with Gasteiger partial charge in [0, 0.05) is 13.1 Å². The lowest BCUT2D eigenvalue weighted by Crippen LogP contribution is -2.36. The minimum absolute atomic E-state index is 0.121. The van der Waals surface area contributed by atoms with Crippen molar-refractivity contribution in [2.75, 3.05) is 18.9 Å². The molecule has 0 saturated carbocycles. The van der Waals surface area contributed by atoms with Gasteiger partial charge in [-0.15, -0.1) is 0 Å². The monoisotopic (exact) mass is 518 g/mol. The zero-order valence-electron chi connectivity index (χ0n) is 20.1. The molecule has 2 aliphatic heterocycles. The summed E-state index contributed by atoms with van der Waals surface area (Å²) in [4.78, 5) is 24.5. The van der Waals surface area contributed by atoms with E-state index in [0.29, 0.717) is 43.6 Å². The number of ether oxygens (including phenoxy) is 1. The van der Waals surface area contributed by atoms with Gasteiger partial charge in [0.2, 0.25) is 10.0 Å². The second kappa shape index (κ2) is 9.16. The summed E-state index contributed by atoms with van der Waals surface area (Å²) in [5.74, 6) is 0.145. The molecule has 11 heteroatoms. The Morgan fingerprint density at radius 3 is 2.68 bits per heavy atom. The standard InChI is InChI=1S/C26H26N6O4S/c27-23-22-24-30-25(29-23)36-12-6-2-3-7-18-13-17(15-32(24)26(33)28-22)14-19-16-31(11-10-21(18)19)37(34,35)20-8-4-1-5-9-20/h1-5,8-9,13-14H,6-7,10-12,15-16H2,(H,28,33)(H2,27,29,30). The third-order valence-electron chi connectivity index (χ3n) is 6.82. The van der Waals surface area contributed by atoms with Gasteiger partial charge in [-0.2, -0.15) is 14.3 Å². The van der Waals surface area contributed by atoms with E-state index in [-0.39, 0.29) is 35.5 Å². The van der Waals surface area contributed by atoms with Crippen LogP contribution >= 0.6 is 0 Å². The van der Waals surface area contributed by atoms with E-state index in [9.17, 15) is 13.2 Å². The van der Waals surface area contributed by atoms with Crippen LogP contribution < -0.4 is 16.2 Å². The fourth-order valence-corrected chi connectivity index (χ4v) is 6.47. The van der Waals surface area contributed by atoms with Crippen LogP contribution in [0.5, 0.6) is 6.01 Å². The van der Waals surface area contributed by atoms with Gasteiger partial charge in [-0.25, -0.2) is 13.2 Å². The Bertz CT molecular complexity index is 1690. The molecule has 0 unspecified atom stereocenters. The SMILES string of the molecule is Nc1nc2nc3c1[nH]c(=O)n3Cc1cc(c3c(c1)CN(S(=O)(=O)c1ccccc1)CC3)CC=CCCO2. The number of H-pyrrole nitrogens is 1. The first-order valence-electron chi connectivity index (χ1n) is 12.1. The molecule has 0 spiro atoms. The maximum atomic E-state index is 13.3. The van der Waals surface area contributed by atoms with Crippen molar-refractivity contribution in [3.05, 3.63) is 87.4 Å². The molecule has 6 rings (SSSR count). The summed E-state index contributed by atoms with van der Waals surface area (Å²) in [6, 6.07) is 12.7. The number of aromatic amines is 1. The topological polar surface area (TPSA) is 136 Å². The number of benzene rings is 2. The lowest BCUT2D eigenvalue weighted by Gasteiger charge is -2.30. The number of anilines is 1. The Hall–Kier alpha value is -3.96. The molecule has 4 heterocycles. The molecule has 0 radical (unpaired) electrons. The van der Waals surface area contributed by atoms with E-state index in [1.807, 2.05) is 12.1 Å². The molecule has 0 aliphatic carbocycles. The van der Waals surface area contributed by atoms with Crippen LogP contribution in [0, 0.1) is 0 Å². The number of fused-ring (bicyclic) bond motifs is 5. The van der Waals surface area contributed by atoms with Gasteiger partial charge < -0.3 is 15.5 Å². The van der Waals surface area contributed by atoms with E-state index >= 15 is 0 Å². The number of imidazole rings is 1. The van der Waals surface area contributed by atoms with Crippen molar-refractivity contribution in [1.82, 2.24) is 23.8 Å². The van der Waals surface area contributed by atoms with Crippen molar-refractivity contribution < 1.29 is 13.2 Å². The second-order valence-corrected chi connectivity index (χ2v) is 11.2. The van der Waals surface area contributed by atoms with Crippen molar-refractivity contribution in [2.24, 2.45) is 0 Å². The highest BCUT2D eigenvalue weighted by atomic mass is 32.2. The number of rotatable bonds is 2. The molecule has 3 N–H and O–H groups in total. The number of nitrogens with zero attached hydrogens (tertiary/aromatic N) is 4.